The monoisotopic (exact) mass is 291 g/mol. The second kappa shape index (κ2) is 8.80. The van der Waals surface area contributed by atoms with Gasteiger partial charge in [-0.2, -0.15) is 0 Å². The predicted molar refractivity (Wildman–Crippen MR) is 81.9 cm³/mol. The average Bonchev–Trinajstić information content (AvgIpc) is 2.54. The van der Waals surface area contributed by atoms with Gasteiger partial charge in [0.05, 0.1) is 6.10 Å². The Hall–Kier alpha value is -1.39. The van der Waals surface area contributed by atoms with Crippen LogP contribution < -0.4 is 5.32 Å². The Morgan fingerprint density at radius 3 is 2.71 bits per heavy atom. The molecule has 1 amide bonds. The summed E-state index contributed by atoms with van der Waals surface area (Å²) in [5.74, 6) is 0.373. The molecule has 0 aromatic heterocycles. The molecule has 2 N–H and O–H groups in total. The van der Waals surface area contributed by atoms with Crippen molar-refractivity contribution in [3.8, 4) is 0 Å². The zero-order valence-corrected chi connectivity index (χ0v) is 12.5. The van der Waals surface area contributed by atoms with Crippen LogP contribution in [0.2, 0.25) is 0 Å². The highest BCUT2D eigenvalue weighted by atomic mass is 16.5. The topological polar surface area (TPSA) is 58.6 Å². The van der Waals surface area contributed by atoms with Crippen LogP contribution in [-0.4, -0.2) is 36.9 Å². The molecule has 0 spiro atoms. The number of hydrogen-bond acceptors (Lipinski definition) is 3. The van der Waals surface area contributed by atoms with Crippen molar-refractivity contribution in [2.75, 3.05) is 19.8 Å². The zero-order chi connectivity index (χ0) is 14.9. The molecule has 1 aromatic carbocycles. The molecule has 1 aromatic rings. The Balaban J connectivity index is 1.58. The molecule has 0 bridgehead atoms. The van der Waals surface area contributed by atoms with Crippen molar-refractivity contribution in [2.45, 2.75) is 38.2 Å². The third-order valence-electron chi connectivity index (χ3n) is 4.06. The van der Waals surface area contributed by atoms with Gasteiger partial charge in [-0.05, 0) is 37.2 Å². The molecule has 1 saturated heterocycles. The summed E-state index contributed by atoms with van der Waals surface area (Å²) in [7, 11) is 0. The molecular weight excluding hydrogens is 266 g/mol. The molecule has 0 radical (unpaired) electrons. The summed E-state index contributed by atoms with van der Waals surface area (Å²) in [6.45, 7) is 2.03. The maximum atomic E-state index is 11.8. The minimum absolute atomic E-state index is 0.0537. The van der Waals surface area contributed by atoms with Crippen LogP contribution in [0.4, 0.5) is 0 Å². The normalized spacial score (nSPS) is 17.4. The number of aliphatic hydroxyl groups excluding tert-OH is 1. The van der Waals surface area contributed by atoms with Gasteiger partial charge in [0.25, 0.3) is 0 Å². The highest BCUT2D eigenvalue weighted by molar-refractivity contribution is 5.76. The largest absolute Gasteiger partial charge is 0.393 e. The predicted octanol–water partition coefficient (Wildman–Crippen LogP) is 1.91. The standard InChI is InChI=1S/C17H25NO3/c19-16(15-9-12-21-13-10-15)8-11-18-17(20)7-6-14-4-2-1-3-5-14/h1-5,15-16,19H,6-13H2,(H,18,20)/t16-/m1/s1. The number of aliphatic hydroxyl groups is 1. The van der Waals surface area contributed by atoms with Crippen LogP contribution in [-0.2, 0) is 16.0 Å². The molecule has 1 atom stereocenters. The van der Waals surface area contributed by atoms with Gasteiger partial charge in [0, 0.05) is 26.2 Å². The van der Waals surface area contributed by atoms with Gasteiger partial charge < -0.3 is 15.2 Å². The minimum atomic E-state index is -0.330. The minimum Gasteiger partial charge on any atom is -0.393 e. The summed E-state index contributed by atoms with van der Waals surface area (Å²) in [4.78, 5) is 11.8. The van der Waals surface area contributed by atoms with Crippen LogP contribution in [0.25, 0.3) is 0 Å². The van der Waals surface area contributed by atoms with E-state index in [1.54, 1.807) is 0 Å². The lowest BCUT2D eigenvalue weighted by atomic mass is 9.92. The number of nitrogens with one attached hydrogen (secondary N) is 1. The molecule has 1 heterocycles. The highest BCUT2D eigenvalue weighted by Gasteiger charge is 2.21. The quantitative estimate of drug-likeness (QED) is 0.807. The van der Waals surface area contributed by atoms with E-state index in [-0.39, 0.29) is 12.0 Å². The number of amides is 1. The number of rotatable bonds is 7. The van der Waals surface area contributed by atoms with Crippen LogP contribution in [0.5, 0.6) is 0 Å². The van der Waals surface area contributed by atoms with Gasteiger partial charge in [0.2, 0.25) is 5.91 Å². The van der Waals surface area contributed by atoms with Gasteiger partial charge in [0.1, 0.15) is 0 Å². The second-order valence-corrected chi connectivity index (χ2v) is 5.64. The van der Waals surface area contributed by atoms with Crippen molar-refractivity contribution in [3.05, 3.63) is 35.9 Å². The lowest BCUT2D eigenvalue weighted by Crippen LogP contribution is -2.32. The number of carbonyl (C=O) groups is 1. The van der Waals surface area contributed by atoms with Crippen LogP contribution in [0.1, 0.15) is 31.2 Å². The fraction of sp³-hybridized carbons (Fsp3) is 0.588. The SMILES string of the molecule is O=C(CCc1ccccc1)NCC[C@@H](O)C1CCOCC1. The van der Waals surface area contributed by atoms with Gasteiger partial charge >= 0.3 is 0 Å². The molecule has 116 valence electrons. The third-order valence-corrected chi connectivity index (χ3v) is 4.06. The van der Waals surface area contributed by atoms with E-state index in [9.17, 15) is 9.90 Å². The molecule has 2 rings (SSSR count). The van der Waals surface area contributed by atoms with Crippen molar-refractivity contribution in [1.29, 1.82) is 0 Å². The Morgan fingerprint density at radius 1 is 1.29 bits per heavy atom. The van der Waals surface area contributed by atoms with Gasteiger partial charge in [0.15, 0.2) is 0 Å². The second-order valence-electron chi connectivity index (χ2n) is 5.64. The first kappa shape index (κ1) is 16.0. The van der Waals surface area contributed by atoms with Gasteiger partial charge in [-0.3, -0.25) is 4.79 Å². The maximum absolute atomic E-state index is 11.8. The summed E-state index contributed by atoms with van der Waals surface area (Å²) < 4.78 is 5.29. The zero-order valence-electron chi connectivity index (χ0n) is 12.5. The van der Waals surface area contributed by atoms with Crippen molar-refractivity contribution in [2.24, 2.45) is 5.92 Å². The average molecular weight is 291 g/mol. The van der Waals surface area contributed by atoms with Gasteiger partial charge in [-0.25, -0.2) is 0 Å². The molecule has 0 unspecified atom stereocenters. The lowest BCUT2D eigenvalue weighted by Gasteiger charge is -2.26. The number of hydrogen-bond donors (Lipinski definition) is 2. The first-order valence-corrected chi connectivity index (χ1v) is 7.82. The van der Waals surface area contributed by atoms with E-state index in [0.717, 1.165) is 32.5 Å². The fourth-order valence-corrected chi connectivity index (χ4v) is 2.69. The highest BCUT2D eigenvalue weighted by Crippen LogP contribution is 2.20. The molecule has 1 aliphatic heterocycles. The summed E-state index contributed by atoms with van der Waals surface area (Å²) in [5, 5.41) is 13.0. The van der Waals surface area contributed by atoms with Crippen molar-refractivity contribution in [1.82, 2.24) is 5.32 Å². The molecule has 0 saturated carbocycles. The molecule has 21 heavy (non-hydrogen) atoms. The fourth-order valence-electron chi connectivity index (χ4n) is 2.69. The molecule has 1 fully saturated rings. The smallest absolute Gasteiger partial charge is 0.220 e. The third kappa shape index (κ3) is 5.86. The molecule has 4 nitrogen and oxygen atoms in total. The van der Waals surface area contributed by atoms with Crippen LogP contribution in [0.3, 0.4) is 0 Å². The summed E-state index contributed by atoms with van der Waals surface area (Å²) in [5.41, 5.74) is 1.18. The Labute approximate surface area is 126 Å². The van der Waals surface area contributed by atoms with E-state index in [1.165, 1.54) is 5.56 Å². The number of aryl methyl sites for hydroxylation is 1. The van der Waals surface area contributed by atoms with Crippen molar-refractivity contribution < 1.29 is 14.6 Å². The van der Waals surface area contributed by atoms with Crippen LogP contribution in [0.15, 0.2) is 30.3 Å². The summed E-state index contributed by atoms with van der Waals surface area (Å²) in [6.07, 6.45) is 3.39. The Morgan fingerprint density at radius 2 is 2.00 bits per heavy atom. The first-order valence-electron chi connectivity index (χ1n) is 7.82. The van der Waals surface area contributed by atoms with Gasteiger partial charge in [-0.1, -0.05) is 30.3 Å². The number of carbonyl (C=O) groups excluding carboxylic acids is 1. The van der Waals surface area contributed by atoms with E-state index >= 15 is 0 Å². The van der Waals surface area contributed by atoms with Crippen molar-refractivity contribution in [3.63, 3.8) is 0 Å². The Bertz CT molecular complexity index is 415. The molecular formula is C17H25NO3. The van der Waals surface area contributed by atoms with Crippen LogP contribution >= 0.6 is 0 Å². The number of benzene rings is 1. The van der Waals surface area contributed by atoms with Crippen molar-refractivity contribution >= 4 is 5.91 Å². The maximum Gasteiger partial charge on any atom is 0.220 e. The molecule has 1 aliphatic rings. The Kier molecular flexibility index (Phi) is 6.70. The molecule has 4 heteroatoms. The van der Waals surface area contributed by atoms with Gasteiger partial charge in [-0.15, -0.1) is 0 Å². The van der Waals surface area contributed by atoms with E-state index in [1.807, 2.05) is 30.3 Å². The molecule has 0 aliphatic carbocycles. The van der Waals surface area contributed by atoms with E-state index in [2.05, 4.69) is 5.32 Å². The van der Waals surface area contributed by atoms with Crippen LogP contribution in [0, 0.1) is 5.92 Å². The van der Waals surface area contributed by atoms with E-state index < -0.39 is 0 Å². The first-order chi connectivity index (χ1) is 10.3. The summed E-state index contributed by atoms with van der Waals surface area (Å²) in [6, 6.07) is 10.0. The summed E-state index contributed by atoms with van der Waals surface area (Å²) >= 11 is 0. The lowest BCUT2D eigenvalue weighted by molar-refractivity contribution is -0.121. The number of ether oxygens (including phenoxy) is 1. The van der Waals surface area contributed by atoms with E-state index in [4.69, 9.17) is 4.74 Å². The van der Waals surface area contributed by atoms with E-state index in [0.29, 0.717) is 25.3 Å².